The van der Waals surface area contributed by atoms with Crippen LogP contribution >= 0.6 is 0 Å². The van der Waals surface area contributed by atoms with E-state index in [2.05, 4.69) is 15.3 Å². The smallest absolute Gasteiger partial charge is 0.277 e. The van der Waals surface area contributed by atoms with Crippen LogP contribution in [0.5, 0.6) is 0 Å². The van der Waals surface area contributed by atoms with Crippen molar-refractivity contribution in [1.29, 1.82) is 0 Å². The Hall–Kier alpha value is -2.44. The average molecular weight is 234 g/mol. The molecule has 0 radical (unpaired) electrons. The van der Waals surface area contributed by atoms with Gasteiger partial charge in [-0.1, -0.05) is 0 Å². The number of anilines is 1. The number of nitrogens with zero attached hydrogens (tertiary/aromatic N) is 2. The number of pyridine rings is 1. The number of nitrogens with one attached hydrogen (secondary N) is 2. The molecular formula is C10H10N4O3. The average Bonchev–Trinajstić information content (AvgIpc) is 2.60. The molecule has 1 amide bonds. The number of hydrogen-bond acceptors (Lipinski definition) is 4. The third kappa shape index (κ3) is 1.94. The van der Waals surface area contributed by atoms with E-state index in [1.807, 2.05) is 0 Å². The van der Waals surface area contributed by atoms with Crippen LogP contribution in [0.25, 0.3) is 11.0 Å². The Morgan fingerprint density at radius 1 is 1.41 bits per heavy atom. The summed E-state index contributed by atoms with van der Waals surface area (Å²) in [6.07, 6.45) is 1.28. The van der Waals surface area contributed by atoms with Crippen molar-refractivity contribution in [3.8, 4) is 0 Å². The summed E-state index contributed by atoms with van der Waals surface area (Å²) in [5.74, 6) is -0.334. The highest BCUT2D eigenvalue weighted by atomic mass is 16.2. The maximum Gasteiger partial charge on any atom is 0.277 e. The zero-order valence-corrected chi connectivity index (χ0v) is 9.27. The summed E-state index contributed by atoms with van der Waals surface area (Å²) < 4.78 is 1.25. The molecule has 0 saturated heterocycles. The Kier molecular flexibility index (Phi) is 2.51. The highest BCUT2D eigenvalue weighted by molar-refractivity contribution is 5.92. The lowest BCUT2D eigenvalue weighted by Gasteiger charge is -2.02. The van der Waals surface area contributed by atoms with Crippen molar-refractivity contribution in [3.63, 3.8) is 0 Å². The van der Waals surface area contributed by atoms with E-state index < -0.39 is 5.56 Å². The Morgan fingerprint density at radius 3 is 2.71 bits per heavy atom. The van der Waals surface area contributed by atoms with Crippen LogP contribution < -0.4 is 10.9 Å². The lowest BCUT2D eigenvalue weighted by molar-refractivity contribution is -0.114. The summed E-state index contributed by atoms with van der Waals surface area (Å²) in [5, 5.41) is 2.45. The molecule has 0 unspecified atom stereocenters. The fraction of sp³-hybridized carbons (Fsp3) is 0.200. The normalized spacial score (nSPS) is 10.5. The molecule has 0 aliphatic heterocycles. The zero-order chi connectivity index (χ0) is 12.6. The van der Waals surface area contributed by atoms with Crippen molar-refractivity contribution in [3.05, 3.63) is 22.7 Å². The van der Waals surface area contributed by atoms with Gasteiger partial charge in [-0.05, 0) is 0 Å². The SMILES string of the molecule is CC(=O)Nc1cc2c(ncn2C(C)=O)c(=O)[nH]1. The number of aromatic amines is 1. The van der Waals surface area contributed by atoms with Crippen molar-refractivity contribution < 1.29 is 9.59 Å². The van der Waals surface area contributed by atoms with Gasteiger partial charge in [0.1, 0.15) is 12.1 Å². The number of amides is 1. The summed E-state index contributed by atoms with van der Waals surface area (Å²) in [5.41, 5.74) is 0.0746. The van der Waals surface area contributed by atoms with E-state index in [0.29, 0.717) is 5.52 Å². The Bertz CT molecular complexity index is 668. The minimum atomic E-state index is -0.453. The number of rotatable bonds is 1. The van der Waals surface area contributed by atoms with E-state index in [-0.39, 0.29) is 23.1 Å². The molecule has 2 aromatic rings. The number of carbonyl (C=O) groups is 2. The summed E-state index contributed by atoms with van der Waals surface area (Å²) in [6.45, 7) is 2.69. The standard InChI is InChI=1S/C10H10N4O3/c1-5(15)12-8-3-7-9(10(17)13-8)11-4-14(7)6(2)16/h3-4H,1-2H3,(H2,12,13,15,17). The monoisotopic (exact) mass is 234 g/mol. The molecule has 2 rings (SSSR count). The van der Waals surface area contributed by atoms with E-state index in [1.54, 1.807) is 0 Å². The van der Waals surface area contributed by atoms with Gasteiger partial charge in [-0.25, -0.2) is 4.98 Å². The van der Waals surface area contributed by atoms with Crippen LogP contribution in [0.2, 0.25) is 0 Å². The van der Waals surface area contributed by atoms with Gasteiger partial charge in [0.2, 0.25) is 11.8 Å². The second-order valence-electron chi connectivity index (χ2n) is 3.56. The molecule has 2 N–H and O–H groups in total. The number of hydrogen-bond donors (Lipinski definition) is 2. The predicted octanol–water partition coefficient (Wildman–Crippen LogP) is 0.343. The summed E-state index contributed by atoms with van der Waals surface area (Å²) in [6, 6.07) is 1.49. The highest BCUT2D eigenvalue weighted by Gasteiger charge is 2.11. The van der Waals surface area contributed by atoms with Crippen LogP contribution in [-0.2, 0) is 4.79 Å². The van der Waals surface area contributed by atoms with Gasteiger partial charge >= 0.3 is 0 Å². The van der Waals surface area contributed by atoms with E-state index in [0.717, 1.165) is 0 Å². The Balaban J connectivity index is 2.69. The second kappa shape index (κ2) is 3.85. The number of carbonyl (C=O) groups excluding carboxylic acids is 2. The first-order valence-corrected chi connectivity index (χ1v) is 4.88. The molecular weight excluding hydrogens is 224 g/mol. The number of H-pyrrole nitrogens is 1. The fourth-order valence-electron chi connectivity index (χ4n) is 1.53. The number of imidazole rings is 1. The molecule has 88 valence electrons. The molecule has 0 bridgehead atoms. The van der Waals surface area contributed by atoms with Gasteiger partial charge in [-0.15, -0.1) is 0 Å². The van der Waals surface area contributed by atoms with Gasteiger partial charge in [0.25, 0.3) is 5.56 Å². The predicted molar refractivity (Wildman–Crippen MR) is 61.0 cm³/mol. The summed E-state index contributed by atoms with van der Waals surface area (Å²) in [7, 11) is 0. The van der Waals surface area contributed by atoms with Crippen molar-refractivity contribution >= 4 is 28.7 Å². The summed E-state index contributed by atoms with van der Waals surface area (Å²) >= 11 is 0. The van der Waals surface area contributed by atoms with Crippen molar-refractivity contribution in [2.24, 2.45) is 0 Å². The first kappa shape index (κ1) is 11.1. The fourth-order valence-corrected chi connectivity index (χ4v) is 1.53. The van der Waals surface area contributed by atoms with Crippen LogP contribution in [-0.4, -0.2) is 26.3 Å². The van der Waals surface area contributed by atoms with Gasteiger partial charge in [-0.2, -0.15) is 0 Å². The first-order chi connectivity index (χ1) is 7.99. The molecule has 0 saturated carbocycles. The van der Waals surface area contributed by atoms with Crippen LogP contribution in [0.4, 0.5) is 5.82 Å². The molecule has 0 atom stereocenters. The minimum Gasteiger partial charge on any atom is -0.312 e. The molecule has 0 aliphatic carbocycles. The van der Waals surface area contributed by atoms with E-state index in [4.69, 9.17) is 0 Å². The van der Waals surface area contributed by atoms with Crippen molar-refractivity contribution in [2.75, 3.05) is 5.32 Å². The molecule has 0 fully saturated rings. The van der Waals surface area contributed by atoms with Gasteiger partial charge in [0, 0.05) is 19.9 Å². The van der Waals surface area contributed by atoms with E-state index >= 15 is 0 Å². The Labute approximate surface area is 95.5 Å². The first-order valence-electron chi connectivity index (χ1n) is 4.88. The maximum absolute atomic E-state index is 11.6. The molecule has 0 spiro atoms. The number of fused-ring (bicyclic) bond motifs is 1. The summed E-state index contributed by atoms with van der Waals surface area (Å²) in [4.78, 5) is 40.1. The van der Waals surface area contributed by atoms with Crippen molar-refractivity contribution in [1.82, 2.24) is 14.5 Å². The molecule has 2 aromatic heterocycles. The van der Waals surface area contributed by atoms with Gasteiger partial charge < -0.3 is 10.3 Å². The minimum absolute atomic E-state index is 0.161. The third-order valence-electron chi connectivity index (χ3n) is 2.20. The van der Waals surface area contributed by atoms with Crippen LogP contribution in [0.1, 0.15) is 18.6 Å². The molecule has 0 aliphatic rings. The largest absolute Gasteiger partial charge is 0.312 e. The topological polar surface area (TPSA) is 96.8 Å². The van der Waals surface area contributed by atoms with E-state index in [1.165, 1.54) is 30.8 Å². The molecule has 2 heterocycles. The van der Waals surface area contributed by atoms with Crippen LogP contribution in [0, 0.1) is 0 Å². The zero-order valence-electron chi connectivity index (χ0n) is 9.27. The third-order valence-corrected chi connectivity index (χ3v) is 2.20. The lowest BCUT2D eigenvalue weighted by Crippen LogP contribution is -2.15. The quantitative estimate of drug-likeness (QED) is 0.743. The molecule has 7 nitrogen and oxygen atoms in total. The van der Waals surface area contributed by atoms with Crippen molar-refractivity contribution in [2.45, 2.75) is 13.8 Å². The molecule has 0 aromatic carbocycles. The Morgan fingerprint density at radius 2 is 2.12 bits per heavy atom. The highest BCUT2D eigenvalue weighted by Crippen LogP contribution is 2.12. The van der Waals surface area contributed by atoms with Crippen LogP contribution in [0.15, 0.2) is 17.2 Å². The van der Waals surface area contributed by atoms with E-state index in [9.17, 15) is 14.4 Å². The number of aromatic nitrogens is 3. The maximum atomic E-state index is 11.6. The van der Waals surface area contributed by atoms with Gasteiger partial charge in [-0.3, -0.25) is 19.0 Å². The lowest BCUT2D eigenvalue weighted by atomic mass is 10.3. The van der Waals surface area contributed by atoms with Gasteiger partial charge in [0.15, 0.2) is 5.52 Å². The molecule has 7 heteroatoms. The van der Waals surface area contributed by atoms with Crippen LogP contribution in [0.3, 0.4) is 0 Å². The van der Waals surface area contributed by atoms with Gasteiger partial charge in [0.05, 0.1) is 5.52 Å². The molecule has 17 heavy (non-hydrogen) atoms. The second-order valence-corrected chi connectivity index (χ2v) is 3.56.